The smallest absolute Gasteiger partial charge is 0.108 e. The molecule has 3 heteroatoms. The van der Waals surface area contributed by atoms with Crippen LogP contribution in [0.1, 0.15) is 55.3 Å². The molecule has 0 fully saturated rings. The van der Waals surface area contributed by atoms with E-state index in [1.165, 1.54) is 5.56 Å². The summed E-state index contributed by atoms with van der Waals surface area (Å²) in [5.74, 6) is 1.09. The van der Waals surface area contributed by atoms with Crippen LogP contribution in [0.4, 0.5) is 0 Å². The molecule has 2 unspecified atom stereocenters. The minimum atomic E-state index is -0.432. The summed E-state index contributed by atoms with van der Waals surface area (Å²) in [5, 5.41) is 10.8. The molecule has 1 N–H and O–H groups in total. The number of aryl methyl sites for hydroxylation is 2. The fourth-order valence-electron chi connectivity index (χ4n) is 3.27. The maximum absolute atomic E-state index is 10.8. The van der Waals surface area contributed by atoms with Crippen molar-refractivity contribution < 1.29 is 5.11 Å². The lowest BCUT2D eigenvalue weighted by Gasteiger charge is -2.25. The zero-order valence-corrected chi connectivity index (χ0v) is 12.0. The summed E-state index contributed by atoms with van der Waals surface area (Å²) >= 11 is 0. The van der Waals surface area contributed by atoms with Crippen LogP contribution in [0.25, 0.3) is 0 Å². The molecule has 2 aromatic rings. The van der Waals surface area contributed by atoms with Crippen LogP contribution in [-0.4, -0.2) is 14.7 Å². The first-order valence-electron chi connectivity index (χ1n) is 7.59. The van der Waals surface area contributed by atoms with E-state index in [-0.39, 0.29) is 6.04 Å². The standard InChI is InChI=1S/C17H22N2O/c1-2-6-16-18-11-12-19(16)15-10-5-8-13-7-3-4-9-14(13)17(15)20/h3-4,7,9,11-12,15,17,20H,2,5-6,8,10H2,1H3. The fraction of sp³-hybridized carbons (Fsp3) is 0.471. The molecule has 0 radical (unpaired) electrons. The average Bonchev–Trinajstić information content (AvgIpc) is 2.85. The van der Waals surface area contributed by atoms with Gasteiger partial charge in [0.05, 0.1) is 12.1 Å². The van der Waals surface area contributed by atoms with E-state index in [0.717, 1.165) is 43.5 Å². The summed E-state index contributed by atoms with van der Waals surface area (Å²) < 4.78 is 2.19. The van der Waals surface area contributed by atoms with Crippen molar-refractivity contribution in [2.45, 2.75) is 51.2 Å². The molecule has 0 bridgehead atoms. The number of imidazole rings is 1. The maximum atomic E-state index is 10.8. The lowest BCUT2D eigenvalue weighted by molar-refractivity contribution is 0.108. The van der Waals surface area contributed by atoms with Crippen molar-refractivity contribution >= 4 is 0 Å². The van der Waals surface area contributed by atoms with E-state index in [0.29, 0.717) is 0 Å². The third-order valence-electron chi connectivity index (χ3n) is 4.26. The van der Waals surface area contributed by atoms with Crippen LogP contribution in [0, 0.1) is 0 Å². The van der Waals surface area contributed by atoms with E-state index in [9.17, 15) is 5.11 Å². The van der Waals surface area contributed by atoms with Crippen molar-refractivity contribution in [3.63, 3.8) is 0 Å². The first-order chi connectivity index (χ1) is 9.81. The van der Waals surface area contributed by atoms with E-state index in [1.807, 2.05) is 18.5 Å². The molecule has 1 heterocycles. The van der Waals surface area contributed by atoms with Crippen molar-refractivity contribution in [2.24, 2.45) is 0 Å². The van der Waals surface area contributed by atoms with E-state index >= 15 is 0 Å². The Labute approximate surface area is 120 Å². The predicted molar refractivity (Wildman–Crippen MR) is 79.6 cm³/mol. The molecule has 0 spiro atoms. The number of hydrogen-bond donors (Lipinski definition) is 1. The Kier molecular flexibility index (Phi) is 3.88. The van der Waals surface area contributed by atoms with Gasteiger partial charge in [0.15, 0.2) is 0 Å². The first kappa shape index (κ1) is 13.4. The summed E-state index contributed by atoms with van der Waals surface area (Å²) in [6.45, 7) is 2.16. The highest BCUT2D eigenvalue weighted by atomic mass is 16.3. The van der Waals surface area contributed by atoms with Gasteiger partial charge in [-0.25, -0.2) is 4.98 Å². The van der Waals surface area contributed by atoms with Gasteiger partial charge in [0.25, 0.3) is 0 Å². The molecule has 0 aliphatic heterocycles. The van der Waals surface area contributed by atoms with Crippen LogP contribution in [-0.2, 0) is 12.8 Å². The van der Waals surface area contributed by atoms with Gasteiger partial charge in [-0.05, 0) is 36.8 Å². The summed E-state index contributed by atoms with van der Waals surface area (Å²) in [7, 11) is 0. The zero-order valence-electron chi connectivity index (χ0n) is 12.0. The minimum Gasteiger partial charge on any atom is -0.386 e. The van der Waals surface area contributed by atoms with E-state index in [2.05, 4.69) is 34.7 Å². The summed E-state index contributed by atoms with van der Waals surface area (Å²) in [5.41, 5.74) is 2.38. The van der Waals surface area contributed by atoms with E-state index in [1.54, 1.807) is 0 Å². The van der Waals surface area contributed by atoms with Crippen molar-refractivity contribution in [3.8, 4) is 0 Å². The fourth-order valence-corrected chi connectivity index (χ4v) is 3.27. The molecule has 1 aromatic carbocycles. The molecule has 1 aromatic heterocycles. The van der Waals surface area contributed by atoms with Crippen LogP contribution in [0.2, 0.25) is 0 Å². The predicted octanol–water partition coefficient (Wildman–Crippen LogP) is 3.45. The number of aliphatic hydroxyl groups excluding tert-OH is 1. The number of fused-ring (bicyclic) bond motifs is 1. The summed E-state index contributed by atoms with van der Waals surface area (Å²) in [6.07, 6.45) is 8.67. The summed E-state index contributed by atoms with van der Waals surface area (Å²) in [4.78, 5) is 4.45. The molecule has 3 nitrogen and oxygen atoms in total. The third kappa shape index (κ3) is 2.38. The second-order valence-electron chi connectivity index (χ2n) is 5.60. The number of benzene rings is 1. The van der Waals surface area contributed by atoms with Gasteiger partial charge in [-0.1, -0.05) is 31.2 Å². The van der Waals surface area contributed by atoms with Gasteiger partial charge in [-0.15, -0.1) is 0 Å². The molecule has 1 aliphatic carbocycles. The zero-order chi connectivity index (χ0) is 13.9. The van der Waals surface area contributed by atoms with Crippen LogP contribution in [0.3, 0.4) is 0 Å². The second-order valence-corrected chi connectivity index (χ2v) is 5.60. The van der Waals surface area contributed by atoms with Crippen LogP contribution < -0.4 is 0 Å². The highest BCUT2D eigenvalue weighted by Crippen LogP contribution is 2.36. The average molecular weight is 270 g/mol. The monoisotopic (exact) mass is 270 g/mol. The van der Waals surface area contributed by atoms with Crippen molar-refractivity contribution in [1.82, 2.24) is 9.55 Å². The number of aliphatic hydroxyl groups is 1. The molecule has 0 amide bonds. The SMILES string of the molecule is CCCc1nccn1C1CCCc2ccccc2C1O. The number of nitrogens with zero attached hydrogens (tertiary/aromatic N) is 2. The minimum absolute atomic E-state index is 0.114. The molecule has 0 saturated carbocycles. The molecule has 3 rings (SSSR count). The Morgan fingerprint density at radius 3 is 3.05 bits per heavy atom. The Balaban J connectivity index is 1.96. The van der Waals surface area contributed by atoms with Crippen LogP contribution in [0.5, 0.6) is 0 Å². The first-order valence-corrected chi connectivity index (χ1v) is 7.59. The molecular weight excluding hydrogens is 248 g/mol. The van der Waals surface area contributed by atoms with Gasteiger partial charge in [0, 0.05) is 18.8 Å². The van der Waals surface area contributed by atoms with Crippen LogP contribution >= 0.6 is 0 Å². The lowest BCUT2D eigenvalue weighted by Crippen LogP contribution is -2.19. The quantitative estimate of drug-likeness (QED) is 0.868. The van der Waals surface area contributed by atoms with Gasteiger partial charge in [-0.2, -0.15) is 0 Å². The van der Waals surface area contributed by atoms with Gasteiger partial charge in [0.2, 0.25) is 0 Å². The van der Waals surface area contributed by atoms with E-state index in [4.69, 9.17) is 0 Å². The van der Waals surface area contributed by atoms with Crippen LogP contribution in [0.15, 0.2) is 36.7 Å². The highest BCUT2D eigenvalue weighted by molar-refractivity contribution is 5.31. The Morgan fingerprint density at radius 1 is 1.35 bits per heavy atom. The summed E-state index contributed by atoms with van der Waals surface area (Å²) in [6, 6.07) is 8.40. The van der Waals surface area contributed by atoms with E-state index < -0.39 is 6.10 Å². The van der Waals surface area contributed by atoms with Crippen molar-refractivity contribution in [1.29, 1.82) is 0 Å². The molecule has 20 heavy (non-hydrogen) atoms. The molecular formula is C17H22N2O. The normalized spacial score (nSPS) is 22.3. The molecule has 0 saturated heterocycles. The van der Waals surface area contributed by atoms with Gasteiger partial charge >= 0.3 is 0 Å². The Hall–Kier alpha value is -1.61. The second kappa shape index (κ2) is 5.80. The Bertz CT molecular complexity index is 576. The number of rotatable bonds is 3. The van der Waals surface area contributed by atoms with Gasteiger partial charge in [0.1, 0.15) is 5.82 Å². The molecule has 1 aliphatic rings. The third-order valence-corrected chi connectivity index (χ3v) is 4.26. The van der Waals surface area contributed by atoms with Gasteiger partial charge < -0.3 is 9.67 Å². The largest absolute Gasteiger partial charge is 0.386 e. The molecule has 106 valence electrons. The number of hydrogen-bond acceptors (Lipinski definition) is 2. The number of aromatic nitrogens is 2. The lowest BCUT2D eigenvalue weighted by atomic mass is 9.98. The van der Waals surface area contributed by atoms with Gasteiger partial charge in [-0.3, -0.25) is 0 Å². The molecule has 2 atom stereocenters. The van der Waals surface area contributed by atoms with Crippen molar-refractivity contribution in [3.05, 3.63) is 53.6 Å². The van der Waals surface area contributed by atoms with Crippen molar-refractivity contribution in [2.75, 3.05) is 0 Å². The highest BCUT2D eigenvalue weighted by Gasteiger charge is 2.28. The Morgan fingerprint density at radius 2 is 2.20 bits per heavy atom. The topological polar surface area (TPSA) is 38.0 Å². The maximum Gasteiger partial charge on any atom is 0.108 e.